The third-order valence-corrected chi connectivity index (χ3v) is 6.58. The number of rotatable bonds is 3. The van der Waals surface area contributed by atoms with Gasteiger partial charge in [0.05, 0.1) is 21.0 Å². The second kappa shape index (κ2) is 7.84. The number of aromatic nitrogens is 1. The first-order valence-electron chi connectivity index (χ1n) is 8.73. The van der Waals surface area contributed by atoms with Crippen molar-refractivity contribution in [3.05, 3.63) is 60.8 Å². The number of piperazine rings is 1. The number of hydrogen-bond acceptors (Lipinski definition) is 5. The van der Waals surface area contributed by atoms with Gasteiger partial charge in [-0.15, -0.1) is 12.4 Å². The summed E-state index contributed by atoms with van der Waals surface area (Å²) in [5.74, 6) is 0. The summed E-state index contributed by atoms with van der Waals surface area (Å²) in [5.41, 5.74) is 1.90. The lowest BCUT2D eigenvalue weighted by molar-refractivity contribution is 0.501. The Labute approximate surface area is 165 Å². The summed E-state index contributed by atoms with van der Waals surface area (Å²) in [7, 11) is -3.57. The summed E-state index contributed by atoms with van der Waals surface area (Å²) >= 11 is 0. The van der Waals surface area contributed by atoms with Crippen LogP contribution < -0.4 is 10.2 Å². The summed E-state index contributed by atoms with van der Waals surface area (Å²) in [4.78, 5) is 7.38. The molecule has 3 aromatic rings. The van der Waals surface area contributed by atoms with Crippen LogP contribution in [0.5, 0.6) is 0 Å². The highest BCUT2D eigenvalue weighted by atomic mass is 35.5. The Balaban J connectivity index is 0.00000210. The highest BCUT2D eigenvalue weighted by Gasteiger charge is 2.22. The van der Waals surface area contributed by atoms with Crippen LogP contribution in [0.15, 0.2) is 70.6 Å². The predicted molar refractivity (Wildman–Crippen MR) is 111 cm³/mol. The summed E-state index contributed by atoms with van der Waals surface area (Å²) in [6, 6.07) is 16.5. The third kappa shape index (κ3) is 3.65. The smallest absolute Gasteiger partial charge is 0.208 e. The van der Waals surface area contributed by atoms with Crippen LogP contribution in [-0.2, 0) is 9.84 Å². The lowest BCUT2D eigenvalue weighted by Gasteiger charge is -2.36. The molecule has 2 heterocycles. The van der Waals surface area contributed by atoms with Crippen LogP contribution in [0.25, 0.3) is 10.9 Å². The number of para-hydroxylation sites is 1. The maximum absolute atomic E-state index is 12.9. The van der Waals surface area contributed by atoms with E-state index in [2.05, 4.69) is 28.2 Å². The first kappa shape index (κ1) is 19.6. The average Bonchev–Trinajstić information content (AvgIpc) is 2.68. The molecule has 142 valence electrons. The molecule has 1 aliphatic rings. The molecule has 1 atom stereocenters. The Hall–Kier alpha value is -2.15. The molecular formula is C20H22ClN3O2S. The molecule has 1 fully saturated rings. The van der Waals surface area contributed by atoms with E-state index in [-0.39, 0.29) is 22.2 Å². The van der Waals surface area contributed by atoms with Gasteiger partial charge in [0.25, 0.3) is 0 Å². The number of nitrogens with one attached hydrogen (secondary N) is 1. The molecule has 1 unspecified atom stereocenters. The van der Waals surface area contributed by atoms with Crippen LogP contribution in [0.3, 0.4) is 0 Å². The Morgan fingerprint density at radius 2 is 1.85 bits per heavy atom. The van der Waals surface area contributed by atoms with Gasteiger partial charge in [0.15, 0.2) is 0 Å². The molecule has 1 N–H and O–H groups in total. The molecule has 27 heavy (non-hydrogen) atoms. The summed E-state index contributed by atoms with van der Waals surface area (Å²) in [5, 5.41) is 4.23. The number of halogens is 1. The average molecular weight is 404 g/mol. The van der Waals surface area contributed by atoms with Crippen LogP contribution >= 0.6 is 12.4 Å². The minimum Gasteiger partial charge on any atom is -0.365 e. The maximum Gasteiger partial charge on any atom is 0.208 e. The molecular weight excluding hydrogens is 382 g/mol. The van der Waals surface area contributed by atoms with Crippen LogP contribution in [0.4, 0.5) is 5.69 Å². The van der Waals surface area contributed by atoms with E-state index in [0.717, 1.165) is 36.2 Å². The molecule has 1 aliphatic heterocycles. The molecule has 1 saturated heterocycles. The van der Waals surface area contributed by atoms with Gasteiger partial charge in [-0.2, -0.15) is 0 Å². The van der Waals surface area contributed by atoms with Crippen LogP contribution in [-0.4, -0.2) is 39.1 Å². The van der Waals surface area contributed by atoms with Crippen molar-refractivity contribution in [2.45, 2.75) is 22.8 Å². The molecule has 0 spiro atoms. The van der Waals surface area contributed by atoms with Crippen molar-refractivity contribution in [1.82, 2.24) is 10.3 Å². The largest absolute Gasteiger partial charge is 0.365 e. The second-order valence-electron chi connectivity index (χ2n) is 6.58. The molecule has 1 aromatic heterocycles. The summed E-state index contributed by atoms with van der Waals surface area (Å²) in [6.45, 7) is 4.95. The zero-order valence-electron chi connectivity index (χ0n) is 15.0. The van der Waals surface area contributed by atoms with Crippen molar-refractivity contribution in [2.75, 3.05) is 24.5 Å². The van der Waals surface area contributed by atoms with E-state index in [1.165, 1.54) is 6.20 Å². The number of sulfone groups is 1. The highest BCUT2D eigenvalue weighted by Crippen LogP contribution is 2.30. The van der Waals surface area contributed by atoms with E-state index in [4.69, 9.17) is 0 Å². The van der Waals surface area contributed by atoms with Crippen LogP contribution in [0.2, 0.25) is 0 Å². The van der Waals surface area contributed by atoms with Crippen LogP contribution in [0.1, 0.15) is 6.92 Å². The van der Waals surface area contributed by atoms with Gasteiger partial charge in [0.2, 0.25) is 9.84 Å². The van der Waals surface area contributed by atoms with E-state index in [1.54, 1.807) is 36.4 Å². The van der Waals surface area contributed by atoms with Gasteiger partial charge < -0.3 is 10.2 Å². The fraction of sp³-hybridized carbons (Fsp3) is 0.250. The standard InChI is InChI=1S/C20H21N3O2S.ClH/c1-15-13-21-10-11-23(15)19-9-5-6-16-12-18(14-22-20(16)19)26(24,25)17-7-3-2-4-8-17;/h2-9,12,14-15,21H,10-11,13H2,1H3;1H. The van der Waals surface area contributed by atoms with Gasteiger partial charge in [-0.05, 0) is 31.2 Å². The molecule has 0 amide bonds. The van der Waals surface area contributed by atoms with Gasteiger partial charge in [0, 0.05) is 37.3 Å². The van der Waals surface area contributed by atoms with Gasteiger partial charge >= 0.3 is 0 Å². The van der Waals surface area contributed by atoms with Crippen molar-refractivity contribution in [3.63, 3.8) is 0 Å². The highest BCUT2D eigenvalue weighted by molar-refractivity contribution is 7.91. The van der Waals surface area contributed by atoms with Crippen molar-refractivity contribution < 1.29 is 8.42 Å². The van der Waals surface area contributed by atoms with E-state index in [1.807, 2.05) is 12.1 Å². The molecule has 5 nitrogen and oxygen atoms in total. The normalized spacial score (nSPS) is 17.5. The molecule has 2 aromatic carbocycles. The number of pyridine rings is 1. The minimum atomic E-state index is -3.57. The number of hydrogen-bond donors (Lipinski definition) is 1. The van der Waals surface area contributed by atoms with Crippen molar-refractivity contribution in [1.29, 1.82) is 0 Å². The van der Waals surface area contributed by atoms with Gasteiger partial charge in [0.1, 0.15) is 0 Å². The summed E-state index contributed by atoms with van der Waals surface area (Å²) in [6.07, 6.45) is 1.47. The second-order valence-corrected chi connectivity index (χ2v) is 8.53. The minimum absolute atomic E-state index is 0. The third-order valence-electron chi connectivity index (χ3n) is 4.84. The van der Waals surface area contributed by atoms with Crippen LogP contribution in [0, 0.1) is 0 Å². The molecule has 0 aliphatic carbocycles. The van der Waals surface area contributed by atoms with Crippen molar-refractivity contribution in [2.24, 2.45) is 0 Å². The van der Waals surface area contributed by atoms with Crippen molar-refractivity contribution >= 4 is 38.8 Å². The Morgan fingerprint density at radius 1 is 1.07 bits per heavy atom. The van der Waals surface area contributed by atoms with Crippen molar-refractivity contribution in [3.8, 4) is 0 Å². The Bertz CT molecular complexity index is 1040. The zero-order chi connectivity index (χ0) is 18.1. The SMILES string of the molecule is CC1CNCCN1c1cccc2cc(S(=O)(=O)c3ccccc3)cnc12.Cl. The number of fused-ring (bicyclic) bond motifs is 1. The van der Waals surface area contributed by atoms with E-state index < -0.39 is 9.84 Å². The quantitative estimate of drug-likeness (QED) is 0.727. The maximum atomic E-state index is 12.9. The Morgan fingerprint density at radius 3 is 2.59 bits per heavy atom. The monoisotopic (exact) mass is 403 g/mol. The lowest BCUT2D eigenvalue weighted by Crippen LogP contribution is -2.50. The van der Waals surface area contributed by atoms with Gasteiger partial charge in [-0.3, -0.25) is 4.98 Å². The Kier molecular flexibility index (Phi) is 5.69. The molecule has 0 bridgehead atoms. The number of nitrogens with zero attached hydrogens (tertiary/aromatic N) is 2. The zero-order valence-corrected chi connectivity index (χ0v) is 16.6. The van der Waals surface area contributed by atoms with E-state index in [9.17, 15) is 8.42 Å². The van der Waals surface area contributed by atoms with Gasteiger partial charge in [-0.1, -0.05) is 30.3 Å². The predicted octanol–water partition coefficient (Wildman–Crippen LogP) is 3.29. The summed E-state index contributed by atoms with van der Waals surface area (Å²) < 4.78 is 25.7. The lowest BCUT2D eigenvalue weighted by atomic mass is 10.1. The number of benzene rings is 2. The van der Waals surface area contributed by atoms with Gasteiger partial charge in [-0.25, -0.2) is 8.42 Å². The first-order chi connectivity index (χ1) is 12.6. The molecule has 0 radical (unpaired) electrons. The number of anilines is 1. The molecule has 0 saturated carbocycles. The molecule has 7 heteroatoms. The van der Waals surface area contributed by atoms with E-state index in [0.29, 0.717) is 6.04 Å². The first-order valence-corrected chi connectivity index (χ1v) is 10.2. The van der Waals surface area contributed by atoms with E-state index >= 15 is 0 Å². The molecule has 4 rings (SSSR count). The topological polar surface area (TPSA) is 62.3 Å². The fourth-order valence-corrected chi connectivity index (χ4v) is 4.70. The fourth-order valence-electron chi connectivity index (χ4n) is 3.44.